The standard InChI is InChI=1S/C23H27N7O2/c1-5-29-10-9-18(27-29)13(3)25-22(31)16-11-19(15-7-8-15)26-23-20(16)21(28-32-23)17-12-24-30(6-2)14(17)4/h9-13,15H,5-8H2,1-4H3,(H,25,31)/t13-/m1/s1. The predicted molar refractivity (Wildman–Crippen MR) is 119 cm³/mol. The maximum atomic E-state index is 13.5. The lowest BCUT2D eigenvalue weighted by Gasteiger charge is -2.13. The van der Waals surface area contributed by atoms with Crippen molar-refractivity contribution in [3.8, 4) is 11.3 Å². The molecule has 0 spiro atoms. The highest BCUT2D eigenvalue weighted by Crippen LogP contribution is 2.41. The number of nitrogens with zero attached hydrogens (tertiary/aromatic N) is 6. The molecule has 0 saturated heterocycles. The van der Waals surface area contributed by atoms with E-state index in [2.05, 4.69) is 25.7 Å². The summed E-state index contributed by atoms with van der Waals surface area (Å²) in [6, 6.07) is 3.59. The van der Waals surface area contributed by atoms with Gasteiger partial charge in [-0.05, 0) is 52.7 Å². The Labute approximate surface area is 185 Å². The summed E-state index contributed by atoms with van der Waals surface area (Å²) in [6.45, 7) is 9.53. The average Bonchev–Trinajstić information content (AvgIpc) is 3.21. The van der Waals surface area contributed by atoms with Gasteiger partial charge in [-0.2, -0.15) is 10.2 Å². The van der Waals surface area contributed by atoms with Crippen LogP contribution in [0.3, 0.4) is 0 Å². The van der Waals surface area contributed by atoms with Gasteiger partial charge in [-0.1, -0.05) is 5.16 Å². The molecular weight excluding hydrogens is 406 g/mol. The van der Waals surface area contributed by atoms with Gasteiger partial charge in [0.25, 0.3) is 11.6 Å². The van der Waals surface area contributed by atoms with Gasteiger partial charge < -0.3 is 9.84 Å². The van der Waals surface area contributed by atoms with E-state index in [0.717, 1.165) is 48.6 Å². The van der Waals surface area contributed by atoms with Crippen molar-refractivity contribution >= 4 is 17.0 Å². The van der Waals surface area contributed by atoms with Crippen LogP contribution in [-0.4, -0.2) is 35.6 Å². The molecule has 32 heavy (non-hydrogen) atoms. The van der Waals surface area contributed by atoms with E-state index in [4.69, 9.17) is 4.52 Å². The van der Waals surface area contributed by atoms with E-state index in [-0.39, 0.29) is 11.9 Å². The Bertz CT molecular complexity index is 1300. The Morgan fingerprint density at radius 3 is 2.78 bits per heavy atom. The van der Waals surface area contributed by atoms with E-state index < -0.39 is 0 Å². The van der Waals surface area contributed by atoms with Crippen molar-refractivity contribution in [2.75, 3.05) is 0 Å². The highest BCUT2D eigenvalue weighted by Gasteiger charge is 2.30. The highest BCUT2D eigenvalue weighted by atomic mass is 16.5. The third kappa shape index (κ3) is 3.47. The molecule has 1 N–H and O–H groups in total. The number of carbonyl (C=O) groups is 1. The summed E-state index contributed by atoms with van der Waals surface area (Å²) >= 11 is 0. The summed E-state index contributed by atoms with van der Waals surface area (Å²) in [5.74, 6) is 0.185. The van der Waals surface area contributed by atoms with Crippen molar-refractivity contribution in [3.63, 3.8) is 0 Å². The van der Waals surface area contributed by atoms with Crippen LogP contribution in [0.5, 0.6) is 0 Å². The van der Waals surface area contributed by atoms with E-state index in [1.165, 1.54) is 0 Å². The number of hydrogen-bond donors (Lipinski definition) is 1. The molecule has 1 aliphatic rings. The van der Waals surface area contributed by atoms with Crippen LogP contribution in [-0.2, 0) is 13.1 Å². The molecule has 9 nitrogen and oxygen atoms in total. The van der Waals surface area contributed by atoms with Crippen LogP contribution in [0.25, 0.3) is 22.4 Å². The van der Waals surface area contributed by atoms with Gasteiger partial charge in [-0.15, -0.1) is 0 Å². The zero-order valence-electron chi connectivity index (χ0n) is 18.8. The normalized spacial score (nSPS) is 14.8. The molecule has 9 heteroatoms. The topological polar surface area (TPSA) is 104 Å². The largest absolute Gasteiger partial charge is 0.344 e. The molecular formula is C23H27N7O2. The lowest BCUT2D eigenvalue weighted by atomic mass is 10.0. The number of carbonyl (C=O) groups excluding carboxylic acids is 1. The number of amides is 1. The van der Waals surface area contributed by atoms with E-state index in [9.17, 15) is 4.79 Å². The maximum absolute atomic E-state index is 13.5. The fourth-order valence-electron chi connectivity index (χ4n) is 4.05. The zero-order valence-corrected chi connectivity index (χ0v) is 18.8. The molecule has 0 aliphatic heterocycles. The Kier molecular flexibility index (Phi) is 5.03. The molecule has 5 rings (SSSR count). The van der Waals surface area contributed by atoms with Crippen LogP contribution >= 0.6 is 0 Å². The summed E-state index contributed by atoms with van der Waals surface area (Å²) in [5.41, 5.74) is 5.03. The molecule has 0 aromatic carbocycles. The van der Waals surface area contributed by atoms with Crippen molar-refractivity contribution in [2.45, 2.75) is 65.6 Å². The highest BCUT2D eigenvalue weighted by molar-refractivity contribution is 6.09. The average molecular weight is 434 g/mol. The van der Waals surface area contributed by atoms with Crippen LogP contribution in [0.15, 0.2) is 29.0 Å². The van der Waals surface area contributed by atoms with Gasteiger partial charge in [0.05, 0.1) is 28.9 Å². The molecule has 0 bridgehead atoms. The van der Waals surface area contributed by atoms with Crippen LogP contribution in [0.1, 0.15) is 73.0 Å². The smallest absolute Gasteiger partial charge is 0.259 e. The van der Waals surface area contributed by atoms with Gasteiger partial charge in [0.1, 0.15) is 5.69 Å². The third-order valence-corrected chi connectivity index (χ3v) is 6.14. The molecule has 0 radical (unpaired) electrons. The first kappa shape index (κ1) is 20.4. The number of hydrogen-bond acceptors (Lipinski definition) is 6. The van der Waals surface area contributed by atoms with Crippen LogP contribution < -0.4 is 5.32 Å². The third-order valence-electron chi connectivity index (χ3n) is 6.14. The molecule has 1 fully saturated rings. The van der Waals surface area contributed by atoms with Gasteiger partial charge in [-0.25, -0.2) is 4.98 Å². The molecule has 0 unspecified atom stereocenters. The second kappa shape index (κ2) is 7.89. The van der Waals surface area contributed by atoms with E-state index in [1.807, 2.05) is 55.4 Å². The SMILES string of the molecule is CCn1ccc([C@@H](C)NC(=O)c2cc(C3CC3)nc3onc(-c4cnn(CC)c4C)c23)n1. The second-order valence-corrected chi connectivity index (χ2v) is 8.33. The molecule has 4 aromatic heterocycles. The number of pyridine rings is 1. The quantitative estimate of drug-likeness (QED) is 0.472. The Morgan fingerprint density at radius 2 is 2.12 bits per heavy atom. The molecule has 1 atom stereocenters. The fourth-order valence-corrected chi connectivity index (χ4v) is 4.05. The summed E-state index contributed by atoms with van der Waals surface area (Å²) < 4.78 is 9.37. The maximum Gasteiger partial charge on any atom is 0.259 e. The lowest BCUT2D eigenvalue weighted by Crippen LogP contribution is -2.27. The monoisotopic (exact) mass is 433 g/mol. The summed E-state index contributed by atoms with van der Waals surface area (Å²) in [7, 11) is 0. The Balaban J connectivity index is 1.57. The molecule has 1 aliphatic carbocycles. The number of fused-ring (bicyclic) bond motifs is 1. The number of aromatic nitrogens is 6. The van der Waals surface area contributed by atoms with Crippen molar-refractivity contribution in [2.24, 2.45) is 0 Å². The minimum absolute atomic E-state index is 0.192. The molecule has 4 aromatic rings. The molecule has 4 heterocycles. The van der Waals surface area contributed by atoms with Gasteiger partial charge in [0.2, 0.25) is 0 Å². The van der Waals surface area contributed by atoms with Crippen molar-refractivity contribution in [1.29, 1.82) is 0 Å². The zero-order chi connectivity index (χ0) is 22.4. The van der Waals surface area contributed by atoms with Crippen LogP contribution in [0, 0.1) is 6.92 Å². The van der Waals surface area contributed by atoms with E-state index >= 15 is 0 Å². The van der Waals surface area contributed by atoms with Crippen molar-refractivity contribution in [1.82, 2.24) is 35.0 Å². The van der Waals surface area contributed by atoms with E-state index in [1.54, 1.807) is 6.20 Å². The van der Waals surface area contributed by atoms with E-state index in [0.29, 0.717) is 28.3 Å². The van der Waals surface area contributed by atoms with Gasteiger partial charge in [0, 0.05) is 42.2 Å². The fraction of sp³-hybridized carbons (Fsp3) is 0.435. The second-order valence-electron chi connectivity index (χ2n) is 8.33. The Morgan fingerprint density at radius 1 is 1.31 bits per heavy atom. The molecule has 1 amide bonds. The van der Waals surface area contributed by atoms with Gasteiger partial charge >= 0.3 is 0 Å². The summed E-state index contributed by atoms with van der Waals surface area (Å²) in [5, 5.41) is 17.0. The van der Waals surface area contributed by atoms with Gasteiger partial charge in [0.15, 0.2) is 0 Å². The number of aryl methyl sites for hydroxylation is 2. The minimum Gasteiger partial charge on any atom is -0.344 e. The van der Waals surface area contributed by atoms with Crippen molar-refractivity contribution < 1.29 is 9.32 Å². The molecule has 166 valence electrons. The molecule has 1 saturated carbocycles. The van der Waals surface area contributed by atoms with Gasteiger partial charge in [-0.3, -0.25) is 14.2 Å². The first-order valence-corrected chi connectivity index (χ1v) is 11.2. The van der Waals surface area contributed by atoms with Crippen molar-refractivity contribution in [3.05, 3.63) is 47.2 Å². The Hall–Kier alpha value is -3.49. The predicted octanol–water partition coefficient (Wildman–Crippen LogP) is 4.00. The first-order valence-electron chi connectivity index (χ1n) is 11.2. The summed E-state index contributed by atoms with van der Waals surface area (Å²) in [4.78, 5) is 18.2. The lowest BCUT2D eigenvalue weighted by molar-refractivity contribution is 0.0940. The van der Waals surface area contributed by atoms with Crippen LogP contribution in [0.2, 0.25) is 0 Å². The summed E-state index contributed by atoms with van der Waals surface area (Å²) in [6.07, 6.45) is 5.84. The van der Waals surface area contributed by atoms with Crippen LogP contribution in [0.4, 0.5) is 0 Å². The number of rotatable bonds is 7. The first-order chi connectivity index (χ1) is 15.5. The minimum atomic E-state index is -0.240. The number of nitrogens with one attached hydrogen (secondary N) is 1.